The number of anilines is 1. The molecule has 0 aliphatic carbocycles. The van der Waals surface area contributed by atoms with Crippen LogP contribution in [0.15, 0.2) is 23.0 Å². The second-order valence-electron chi connectivity index (χ2n) is 8.43. The van der Waals surface area contributed by atoms with Gasteiger partial charge in [0, 0.05) is 67.8 Å². The first-order valence-electron chi connectivity index (χ1n) is 11.5. The van der Waals surface area contributed by atoms with Gasteiger partial charge in [0.2, 0.25) is 5.91 Å². The molecule has 4 N–H and O–H groups in total. The quantitative estimate of drug-likeness (QED) is 0.289. The molecule has 4 aromatic heterocycles. The van der Waals surface area contributed by atoms with Crippen molar-refractivity contribution in [2.24, 2.45) is 0 Å². The van der Waals surface area contributed by atoms with Crippen molar-refractivity contribution in [3.63, 3.8) is 0 Å². The maximum Gasteiger partial charge on any atom is 0.226 e. The molecule has 0 atom stereocenters. The number of carbonyl (C=O) groups excluding carboxylic acids is 1. The minimum absolute atomic E-state index is 0.00747. The first kappa shape index (κ1) is 21.8. The molecule has 176 valence electrons. The van der Waals surface area contributed by atoms with Crippen LogP contribution in [0, 0.1) is 0 Å². The Labute approximate surface area is 204 Å². The third-order valence-corrected chi connectivity index (χ3v) is 8.39. The lowest BCUT2D eigenvalue weighted by atomic mass is 10.0. The molecule has 1 amide bonds. The maximum absolute atomic E-state index is 12.8. The first-order chi connectivity index (χ1) is 16.8. The Morgan fingerprint density at radius 1 is 1.15 bits per heavy atom. The van der Waals surface area contributed by atoms with Gasteiger partial charge in [-0.2, -0.15) is 0 Å². The Hall–Kier alpha value is -2.70. The minimum atomic E-state index is -0.00747. The van der Waals surface area contributed by atoms with Crippen molar-refractivity contribution in [2.45, 2.75) is 38.9 Å². The Balaban J connectivity index is 1.14. The molecule has 34 heavy (non-hydrogen) atoms. The van der Waals surface area contributed by atoms with Crippen LogP contribution < -0.4 is 21.3 Å². The minimum Gasteiger partial charge on any atom is -0.361 e. The standard InChI is InChI=1S/C23H25N7O2S2/c31-20(4-8-26-10-15-14-9-24-6-2-17(14)32-30-15)29-23-21(13-1-5-27-12-19(13)34-23)22-28-16-11-25-7-3-18(16)33-22/h3,7,11,24,26-27H,1-2,4-6,8-10,12H2,(H,29,31). The number of thiazole rings is 1. The molecule has 6 heterocycles. The van der Waals surface area contributed by atoms with E-state index in [0.29, 0.717) is 19.5 Å². The molecule has 2 aliphatic rings. The van der Waals surface area contributed by atoms with Crippen molar-refractivity contribution in [1.82, 2.24) is 31.1 Å². The van der Waals surface area contributed by atoms with Gasteiger partial charge in [-0.25, -0.2) is 4.98 Å². The van der Waals surface area contributed by atoms with Gasteiger partial charge in [-0.1, -0.05) is 5.16 Å². The fourth-order valence-electron chi connectivity index (χ4n) is 4.47. The number of aromatic nitrogens is 3. The molecule has 4 aromatic rings. The van der Waals surface area contributed by atoms with Gasteiger partial charge in [-0.3, -0.25) is 9.78 Å². The number of pyridine rings is 1. The highest BCUT2D eigenvalue weighted by Gasteiger charge is 2.25. The molecule has 11 heteroatoms. The Morgan fingerprint density at radius 3 is 3.00 bits per heavy atom. The number of rotatable bonds is 7. The second-order valence-corrected chi connectivity index (χ2v) is 10.6. The zero-order chi connectivity index (χ0) is 22.9. The van der Waals surface area contributed by atoms with E-state index in [1.54, 1.807) is 35.1 Å². The molecule has 9 nitrogen and oxygen atoms in total. The molecule has 0 spiro atoms. The van der Waals surface area contributed by atoms with E-state index in [1.165, 1.54) is 10.4 Å². The van der Waals surface area contributed by atoms with Gasteiger partial charge >= 0.3 is 0 Å². The van der Waals surface area contributed by atoms with E-state index < -0.39 is 0 Å². The Bertz CT molecular complexity index is 1310. The monoisotopic (exact) mass is 495 g/mol. The summed E-state index contributed by atoms with van der Waals surface area (Å²) < 4.78 is 6.54. The maximum atomic E-state index is 12.8. The molecule has 0 saturated carbocycles. The Kier molecular flexibility index (Phi) is 6.10. The van der Waals surface area contributed by atoms with Gasteiger partial charge in [0.25, 0.3) is 0 Å². The largest absolute Gasteiger partial charge is 0.361 e. The van der Waals surface area contributed by atoms with E-state index in [0.717, 1.165) is 81.8 Å². The zero-order valence-electron chi connectivity index (χ0n) is 18.6. The van der Waals surface area contributed by atoms with Gasteiger partial charge < -0.3 is 25.8 Å². The van der Waals surface area contributed by atoms with Crippen LogP contribution in [0.5, 0.6) is 0 Å². The predicted molar refractivity (Wildman–Crippen MR) is 133 cm³/mol. The highest BCUT2D eigenvalue weighted by atomic mass is 32.1. The number of carbonyl (C=O) groups is 1. The normalized spacial score (nSPS) is 15.3. The summed E-state index contributed by atoms with van der Waals surface area (Å²) in [5.74, 6) is 0.967. The number of hydrogen-bond donors (Lipinski definition) is 4. The van der Waals surface area contributed by atoms with Crippen LogP contribution in [-0.2, 0) is 37.3 Å². The van der Waals surface area contributed by atoms with Crippen LogP contribution >= 0.6 is 22.7 Å². The summed E-state index contributed by atoms with van der Waals surface area (Å²) in [4.78, 5) is 23.1. The van der Waals surface area contributed by atoms with Crippen LogP contribution in [0.4, 0.5) is 5.00 Å². The summed E-state index contributed by atoms with van der Waals surface area (Å²) in [6, 6.07) is 1.99. The van der Waals surface area contributed by atoms with Crippen molar-refractivity contribution < 1.29 is 9.32 Å². The van der Waals surface area contributed by atoms with Crippen LogP contribution in [0.1, 0.15) is 33.9 Å². The Morgan fingerprint density at radius 2 is 2.06 bits per heavy atom. The summed E-state index contributed by atoms with van der Waals surface area (Å²) in [5, 5.41) is 19.3. The van der Waals surface area contributed by atoms with E-state index in [9.17, 15) is 4.79 Å². The van der Waals surface area contributed by atoms with E-state index >= 15 is 0 Å². The van der Waals surface area contributed by atoms with Crippen molar-refractivity contribution in [1.29, 1.82) is 0 Å². The average molecular weight is 496 g/mol. The summed E-state index contributed by atoms with van der Waals surface area (Å²) in [7, 11) is 0. The van der Waals surface area contributed by atoms with Crippen LogP contribution in [0.3, 0.4) is 0 Å². The summed E-state index contributed by atoms with van der Waals surface area (Å²) in [6.45, 7) is 4.63. The smallest absolute Gasteiger partial charge is 0.226 e. The lowest BCUT2D eigenvalue weighted by Gasteiger charge is -2.13. The van der Waals surface area contributed by atoms with Gasteiger partial charge in [0.15, 0.2) is 0 Å². The van der Waals surface area contributed by atoms with Gasteiger partial charge in [-0.15, -0.1) is 22.7 Å². The van der Waals surface area contributed by atoms with Gasteiger partial charge in [0.05, 0.1) is 10.9 Å². The van der Waals surface area contributed by atoms with Crippen LogP contribution in [0.2, 0.25) is 0 Å². The second kappa shape index (κ2) is 9.51. The number of fused-ring (bicyclic) bond motifs is 3. The fraction of sp³-hybridized carbons (Fsp3) is 0.391. The van der Waals surface area contributed by atoms with E-state index in [1.807, 2.05) is 6.07 Å². The van der Waals surface area contributed by atoms with Crippen LogP contribution in [0.25, 0.3) is 20.8 Å². The molecular formula is C23H25N7O2S2. The molecule has 2 aliphatic heterocycles. The zero-order valence-corrected chi connectivity index (χ0v) is 20.2. The van der Waals surface area contributed by atoms with Crippen LogP contribution in [-0.4, -0.2) is 40.7 Å². The summed E-state index contributed by atoms with van der Waals surface area (Å²) in [6.07, 6.45) is 5.77. The molecule has 0 bridgehead atoms. The molecule has 0 aromatic carbocycles. The van der Waals surface area contributed by atoms with Crippen molar-refractivity contribution in [3.05, 3.63) is 45.9 Å². The van der Waals surface area contributed by atoms with E-state index in [4.69, 9.17) is 9.51 Å². The average Bonchev–Trinajstić information content (AvgIpc) is 3.56. The summed E-state index contributed by atoms with van der Waals surface area (Å²) >= 11 is 3.31. The SMILES string of the molecule is O=C(CCNCc1noc2c1CNCC2)Nc1sc2c(c1-c1nc3cnccc3s1)CCNC2. The molecule has 0 fully saturated rings. The third-order valence-electron chi connectivity index (χ3n) is 6.19. The summed E-state index contributed by atoms with van der Waals surface area (Å²) in [5.41, 5.74) is 5.34. The van der Waals surface area contributed by atoms with E-state index in [2.05, 4.69) is 31.4 Å². The molecule has 0 unspecified atom stereocenters. The number of hydrogen-bond acceptors (Lipinski definition) is 10. The molecule has 6 rings (SSSR count). The lowest BCUT2D eigenvalue weighted by Crippen LogP contribution is -2.25. The molecule has 0 saturated heterocycles. The molecule has 0 radical (unpaired) electrons. The number of amides is 1. The van der Waals surface area contributed by atoms with Crippen molar-refractivity contribution in [2.75, 3.05) is 25.0 Å². The number of nitrogens with one attached hydrogen (secondary N) is 4. The molecular weight excluding hydrogens is 470 g/mol. The predicted octanol–water partition coefficient (Wildman–Crippen LogP) is 2.82. The number of nitrogens with zero attached hydrogens (tertiary/aromatic N) is 3. The highest BCUT2D eigenvalue weighted by molar-refractivity contribution is 7.22. The lowest BCUT2D eigenvalue weighted by molar-refractivity contribution is -0.116. The fourth-order valence-corrected chi connectivity index (χ4v) is 6.78. The van der Waals surface area contributed by atoms with Gasteiger partial charge in [0.1, 0.15) is 27.0 Å². The van der Waals surface area contributed by atoms with E-state index in [-0.39, 0.29) is 5.91 Å². The van der Waals surface area contributed by atoms with Crippen molar-refractivity contribution >= 4 is 43.8 Å². The van der Waals surface area contributed by atoms with Gasteiger partial charge in [-0.05, 0) is 24.6 Å². The third kappa shape index (κ3) is 4.25. The van der Waals surface area contributed by atoms with Crippen molar-refractivity contribution in [3.8, 4) is 10.6 Å². The first-order valence-corrected chi connectivity index (χ1v) is 13.1. The number of thiophene rings is 1. The highest BCUT2D eigenvalue weighted by Crippen LogP contribution is 2.44. The topological polar surface area (TPSA) is 117 Å².